The first-order chi connectivity index (χ1) is 7.24. The maximum atomic E-state index is 5.56. The van der Waals surface area contributed by atoms with Crippen molar-refractivity contribution in [3.05, 3.63) is 47.5 Å². The predicted octanol–water partition coefficient (Wildman–Crippen LogP) is 2.51. The number of benzene rings is 2. The van der Waals surface area contributed by atoms with E-state index in [1.54, 1.807) is 0 Å². The van der Waals surface area contributed by atoms with Crippen LogP contribution in [0, 0.1) is 6.92 Å². The molecule has 1 atom stereocenters. The van der Waals surface area contributed by atoms with Crippen LogP contribution in [0.15, 0.2) is 36.4 Å². The Morgan fingerprint density at radius 1 is 1.13 bits per heavy atom. The molecule has 0 spiro atoms. The zero-order valence-electron chi connectivity index (χ0n) is 9.45. The molecule has 0 aliphatic carbocycles. The van der Waals surface area contributed by atoms with Crippen molar-refractivity contribution in [3.8, 4) is 0 Å². The molecule has 0 aliphatic heterocycles. The molecule has 0 radical (unpaired) electrons. The molecule has 2 aromatic carbocycles. The first-order valence-electron chi connectivity index (χ1n) is 5.25. The van der Waals surface area contributed by atoms with Crippen molar-refractivity contribution in [2.75, 3.05) is 0 Å². The molecule has 0 aliphatic rings. The van der Waals surface area contributed by atoms with Gasteiger partial charge < -0.3 is 4.43 Å². The molecule has 0 aromatic heterocycles. The van der Waals surface area contributed by atoms with E-state index < -0.39 is 0 Å². The number of hydrogen-bond acceptors (Lipinski definition) is 1. The molecular formula is C13H16OSi. The normalized spacial score (nSPS) is 13.2. The Balaban J connectivity index is 2.74. The van der Waals surface area contributed by atoms with E-state index in [9.17, 15) is 0 Å². The largest absolute Gasteiger partial charge is 0.421 e. The molecule has 0 saturated carbocycles. The summed E-state index contributed by atoms with van der Waals surface area (Å²) in [5.41, 5.74) is 2.65. The van der Waals surface area contributed by atoms with Crippen LogP contribution in [-0.2, 0) is 4.43 Å². The van der Waals surface area contributed by atoms with Crippen molar-refractivity contribution in [1.29, 1.82) is 0 Å². The minimum absolute atomic E-state index is 0.211. The van der Waals surface area contributed by atoms with Crippen molar-refractivity contribution in [2.45, 2.75) is 20.0 Å². The third-order valence-electron chi connectivity index (χ3n) is 2.95. The van der Waals surface area contributed by atoms with E-state index in [-0.39, 0.29) is 6.10 Å². The average molecular weight is 216 g/mol. The van der Waals surface area contributed by atoms with Crippen LogP contribution in [0.25, 0.3) is 10.8 Å². The lowest BCUT2D eigenvalue weighted by Crippen LogP contribution is -2.00. The average Bonchev–Trinajstić information content (AvgIpc) is 2.28. The van der Waals surface area contributed by atoms with Gasteiger partial charge in [-0.3, -0.25) is 0 Å². The Hall–Kier alpha value is -1.12. The van der Waals surface area contributed by atoms with Gasteiger partial charge in [0.15, 0.2) is 0 Å². The second-order valence-corrected chi connectivity index (χ2v) is 4.37. The van der Waals surface area contributed by atoms with Crippen LogP contribution in [0.4, 0.5) is 0 Å². The van der Waals surface area contributed by atoms with Gasteiger partial charge in [0.1, 0.15) is 10.5 Å². The number of aryl methyl sites for hydroxylation is 1. The summed E-state index contributed by atoms with van der Waals surface area (Å²) < 4.78 is 5.56. The van der Waals surface area contributed by atoms with Crippen LogP contribution in [0.3, 0.4) is 0 Å². The van der Waals surface area contributed by atoms with Crippen LogP contribution >= 0.6 is 0 Å². The predicted molar refractivity (Wildman–Crippen MR) is 68.1 cm³/mol. The maximum Gasteiger partial charge on any atom is 0.146 e. The summed E-state index contributed by atoms with van der Waals surface area (Å²) in [5.74, 6) is 0. The minimum atomic E-state index is 0.211. The highest BCUT2D eigenvalue weighted by Crippen LogP contribution is 2.28. The van der Waals surface area contributed by atoms with Crippen molar-refractivity contribution >= 4 is 21.3 Å². The van der Waals surface area contributed by atoms with Gasteiger partial charge in [0.2, 0.25) is 0 Å². The number of fused-ring (bicyclic) bond motifs is 1. The summed E-state index contributed by atoms with van der Waals surface area (Å²) in [7, 11) is 0.781. The molecule has 1 nitrogen and oxygen atoms in total. The van der Waals surface area contributed by atoms with Gasteiger partial charge in [-0.25, -0.2) is 0 Å². The van der Waals surface area contributed by atoms with E-state index in [2.05, 4.69) is 50.2 Å². The summed E-state index contributed by atoms with van der Waals surface area (Å²) in [5, 5.41) is 2.62. The zero-order chi connectivity index (χ0) is 10.8. The van der Waals surface area contributed by atoms with Crippen LogP contribution in [0.5, 0.6) is 0 Å². The lowest BCUT2D eigenvalue weighted by Gasteiger charge is -2.16. The Labute approximate surface area is 93.6 Å². The third kappa shape index (κ3) is 1.83. The van der Waals surface area contributed by atoms with Gasteiger partial charge in [-0.05, 0) is 35.7 Å². The highest BCUT2D eigenvalue weighted by molar-refractivity contribution is 5.98. The van der Waals surface area contributed by atoms with E-state index in [0.717, 1.165) is 10.5 Å². The Kier molecular flexibility index (Phi) is 2.89. The highest BCUT2D eigenvalue weighted by Gasteiger charge is 2.10. The number of hydrogen-bond donors (Lipinski definition) is 0. The quantitative estimate of drug-likeness (QED) is 0.701. The summed E-state index contributed by atoms with van der Waals surface area (Å²) >= 11 is 0. The Morgan fingerprint density at radius 3 is 2.60 bits per heavy atom. The molecule has 2 aromatic rings. The molecule has 0 saturated heterocycles. The lowest BCUT2D eigenvalue weighted by molar-refractivity contribution is 0.251. The fourth-order valence-electron chi connectivity index (χ4n) is 2.06. The van der Waals surface area contributed by atoms with Gasteiger partial charge in [0.05, 0.1) is 6.10 Å². The van der Waals surface area contributed by atoms with Gasteiger partial charge in [-0.2, -0.15) is 0 Å². The van der Waals surface area contributed by atoms with Crippen molar-refractivity contribution < 1.29 is 4.43 Å². The highest BCUT2D eigenvalue weighted by atomic mass is 28.2. The zero-order valence-corrected chi connectivity index (χ0v) is 11.4. The maximum absolute atomic E-state index is 5.56. The molecule has 2 heteroatoms. The standard InChI is InChI=1S/C13H16OSi/c1-9-7-8-11-5-3-4-6-12(11)13(9)10(2)14-15/h3-8,10H,1-2,15H3. The van der Waals surface area contributed by atoms with Crippen LogP contribution in [-0.4, -0.2) is 10.5 Å². The summed E-state index contributed by atoms with van der Waals surface area (Å²) in [6, 6.07) is 12.8. The van der Waals surface area contributed by atoms with Crippen molar-refractivity contribution in [2.24, 2.45) is 0 Å². The number of rotatable bonds is 2. The van der Waals surface area contributed by atoms with Gasteiger partial charge in [0, 0.05) is 0 Å². The lowest BCUT2D eigenvalue weighted by atomic mass is 9.96. The molecule has 0 amide bonds. The first kappa shape index (κ1) is 10.4. The van der Waals surface area contributed by atoms with E-state index in [4.69, 9.17) is 4.43 Å². The van der Waals surface area contributed by atoms with Gasteiger partial charge >= 0.3 is 0 Å². The molecular weight excluding hydrogens is 200 g/mol. The van der Waals surface area contributed by atoms with Gasteiger partial charge in [0.25, 0.3) is 0 Å². The second kappa shape index (κ2) is 4.17. The summed E-state index contributed by atoms with van der Waals surface area (Å²) in [6.45, 7) is 4.28. The third-order valence-corrected chi connectivity index (χ3v) is 3.66. The fourth-order valence-corrected chi connectivity index (χ4v) is 2.30. The minimum Gasteiger partial charge on any atom is -0.421 e. The van der Waals surface area contributed by atoms with E-state index >= 15 is 0 Å². The Bertz CT molecular complexity index is 479. The summed E-state index contributed by atoms with van der Waals surface area (Å²) in [4.78, 5) is 0. The fraction of sp³-hybridized carbons (Fsp3) is 0.231. The monoisotopic (exact) mass is 216 g/mol. The van der Waals surface area contributed by atoms with Crippen LogP contribution < -0.4 is 0 Å². The molecule has 1 unspecified atom stereocenters. The molecule has 0 bridgehead atoms. The van der Waals surface area contributed by atoms with Crippen molar-refractivity contribution in [3.63, 3.8) is 0 Å². The SMILES string of the molecule is Cc1ccc2ccccc2c1C(C)O[SiH3]. The van der Waals surface area contributed by atoms with Gasteiger partial charge in [-0.1, -0.05) is 36.4 Å². The molecule has 78 valence electrons. The van der Waals surface area contributed by atoms with Crippen LogP contribution in [0.1, 0.15) is 24.2 Å². The molecule has 15 heavy (non-hydrogen) atoms. The first-order valence-corrected chi connectivity index (χ1v) is 6.06. The molecule has 0 heterocycles. The van der Waals surface area contributed by atoms with Gasteiger partial charge in [-0.15, -0.1) is 0 Å². The summed E-state index contributed by atoms with van der Waals surface area (Å²) in [6.07, 6.45) is 0.211. The van der Waals surface area contributed by atoms with E-state index in [0.29, 0.717) is 0 Å². The molecule has 0 N–H and O–H groups in total. The van der Waals surface area contributed by atoms with E-state index in [1.807, 2.05) is 0 Å². The topological polar surface area (TPSA) is 9.23 Å². The molecule has 0 fully saturated rings. The van der Waals surface area contributed by atoms with E-state index in [1.165, 1.54) is 21.9 Å². The Morgan fingerprint density at radius 2 is 1.87 bits per heavy atom. The second-order valence-electron chi connectivity index (χ2n) is 3.90. The molecule has 2 rings (SSSR count). The van der Waals surface area contributed by atoms with Crippen LogP contribution in [0.2, 0.25) is 0 Å². The van der Waals surface area contributed by atoms with Crippen molar-refractivity contribution in [1.82, 2.24) is 0 Å². The smallest absolute Gasteiger partial charge is 0.146 e.